The maximum atomic E-state index is 7.94. The molecule has 0 aliphatic heterocycles. The number of hydrogen-bond acceptors (Lipinski definition) is 2. The number of allylic oxidation sites excluding steroid dienone is 4. The van der Waals surface area contributed by atoms with E-state index < -0.39 is 0 Å². The summed E-state index contributed by atoms with van der Waals surface area (Å²) in [6.07, 6.45) is 13.4. The normalized spacial score (nSPS) is 17.9. The van der Waals surface area contributed by atoms with Crippen molar-refractivity contribution in [2.75, 3.05) is 6.54 Å². The van der Waals surface area contributed by atoms with Crippen LogP contribution in [0, 0.1) is 11.3 Å². The highest BCUT2D eigenvalue weighted by Gasteiger charge is 2.24. The molecule has 0 aromatic rings. The third-order valence-electron chi connectivity index (χ3n) is 2.76. The molecule has 0 atom stereocenters. The van der Waals surface area contributed by atoms with Gasteiger partial charge >= 0.3 is 0 Å². The first kappa shape index (κ1) is 14.6. The predicted octanol–water partition coefficient (Wildman–Crippen LogP) is 3.24. The Morgan fingerprint density at radius 2 is 2.17 bits per heavy atom. The average Bonchev–Trinajstić information content (AvgIpc) is 3.18. The van der Waals surface area contributed by atoms with Gasteiger partial charge in [-0.25, -0.2) is 4.99 Å². The van der Waals surface area contributed by atoms with Crippen LogP contribution in [0.3, 0.4) is 0 Å². The molecule has 98 valence electrons. The van der Waals surface area contributed by atoms with E-state index in [2.05, 4.69) is 24.1 Å². The van der Waals surface area contributed by atoms with Crippen molar-refractivity contribution in [3.8, 4) is 0 Å². The molecular formula is C15H23N3. The Morgan fingerprint density at radius 3 is 2.67 bits per heavy atom. The first-order valence-corrected chi connectivity index (χ1v) is 6.58. The van der Waals surface area contributed by atoms with Crippen LogP contribution >= 0.6 is 0 Å². The molecule has 0 aromatic heterocycles. The van der Waals surface area contributed by atoms with E-state index in [0.717, 1.165) is 12.0 Å². The van der Waals surface area contributed by atoms with Gasteiger partial charge in [0.25, 0.3) is 0 Å². The summed E-state index contributed by atoms with van der Waals surface area (Å²) in [7, 11) is 0. The SMILES string of the molecule is C\C=C/C(=C\C(=C\CC)C1CC1)C(=N)N=CCN. The van der Waals surface area contributed by atoms with Gasteiger partial charge in [0.2, 0.25) is 0 Å². The number of aliphatic imine (C=N–C) groups is 1. The summed E-state index contributed by atoms with van der Waals surface area (Å²) in [5.41, 5.74) is 7.56. The van der Waals surface area contributed by atoms with Crippen molar-refractivity contribution >= 4 is 12.1 Å². The topological polar surface area (TPSA) is 62.2 Å². The van der Waals surface area contributed by atoms with Crippen LogP contribution in [0.1, 0.15) is 33.1 Å². The van der Waals surface area contributed by atoms with Gasteiger partial charge in [-0.05, 0) is 43.8 Å². The van der Waals surface area contributed by atoms with E-state index in [1.807, 2.05) is 19.1 Å². The minimum absolute atomic E-state index is 0.279. The maximum Gasteiger partial charge on any atom is 0.151 e. The monoisotopic (exact) mass is 245 g/mol. The van der Waals surface area contributed by atoms with E-state index in [-0.39, 0.29) is 5.84 Å². The number of rotatable bonds is 6. The number of amidine groups is 1. The molecule has 0 radical (unpaired) electrons. The first-order chi connectivity index (χ1) is 8.72. The van der Waals surface area contributed by atoms with Crippen molar-refractivity contribution in [3.63, 3.8) is 0 Å². The van der Waals surface area contributed by atoms with Crippen molar-refractivity contribution in [2.24, 2.45) is 16.6 Å². The van der Waals surface area contributed by atoms with Gasteiger partial charge in [0.15, 0.2) is 5.84 Å². The third-order valence-corrected chi connectivity index (χ3v) is 2.76. The average molecular weight is 245 g/mol. The summed E-state index contributed by atoms with van der Waals surface area (Å²) < 4.78 is 0. The van der Waals surface area contributed by atoms with Crippen molar-refractivity contribution in [1.29, 1.82) is 5.41 Å². The van der Waals surface area contributed by atoms with Gasteiger partial charge in [0.05, 0.1) is 0 Å². The van der Waals surface area contributed by atoms with Gasteiger partial charge in [-0.2, -0.15) is 0 Å². The van der Waals surface area contributed by atoms with Crippen LogP contribution in [0.4, 0.5) is 0 Å². The van der Waals surface area contributed by atoms with Crippen LogP contribution in [0.15, 0.2) is 40.4 Å². The minimum atomic E-state index is 0.279. The minimum Gasteiger partial charge on any atom is -0.326 e. The molecule has 0 saturated heterocycles. The Hall–Kier alpha value is -1.48. The summed E-state index contributed by atoms with van der Waals surface area (Å²) >= 11 is 0. The fourth-order valence-electron chi connectivity index (χ4n) is 1.77. The Balaban J connectivity index is 2.91. The zero-order valence-electron chi connectivity index (χ0n) is 11.3. The Bertz CT molecular complexity index is 396. The molecule has 0 amide bonds. The van der Waals surface area contributed by atoms with E-state index in [1.165, 1.54) is 18.4 Å². The Kier molecular flexibility index (Phi) is 6.29. The van der Waals surface area contributed by atoms with Gasteiger partial charge in [-0.1, -0.05) is 25.2 Å². The zero-order chi connectivity index (χ0) is 13.4. The summed E-state index contributed by atoms with van der Waals surface area (Å²) in [4.78, 5) is 4.04. The summed E-state index contributed by atoms with van der Waals surface area (Å²) in [6.45, 7) is 4.46. The van der Waals surface area contributed by atoms with Crippen molar-refractivity contribution < 1.29 is 0 Å². The van der Waals surface area contributed by atoms with Crippen LogP contribution in [0.25, 0.3) is 0 Å². The maximum absolute atomic E-state index is 7.94. The molecule has 3 nitrogen and oxygen atoms in total. The Labute approximate surface area is 110 Å². The lowest BCUT2D eigenvalue weighted by Crippen LogP contribution is -2.03. The Morgan fingerprint density at radius 1 is 1.44 bits per heavy atom. The lowest BCUT2D eigenvalue weighted by molar-refractivity contribution is 1.02. The molecule has 3 heteroatoms. The van der Waals surface area contributed by atoms with E-state index in [1.54, 1.807) is 6.21 Å². The molecule has 1 saturated carbocycles. The predicted molar refractivity (Wildman–Crippen MR) is 79.3 cm³/mol. The molecule has 1 rings (SSSR count). The molecule has 0 aromatic carbocycles. The zero-order valence-corrected chi connectivity index (χ0v) is 11.3. The third kappa shape index (κ3) is 4.80. The molecule has 3 N–H and O–H groups in total. The van der Waals surface area contributed by atoms with Gasteiger partial charge < -0.3 is 5.73 Å². The second-order valence-corrected chi connectivity index (χ2v) is 4.38. The van der Waals surface area contributed by atoms with Crippen molar-refractivity contribution in [1.82, 2.24) is 0 Å². The van der Waals surface area contributed by atoms with Gasteiger partial charge in [-0.15, -0.1) is 0 Å². The molecular weight excluding hydrogens is 222 g/mol. The molecule has 1 aliphatic rings. The fraction of sp³-hybridized carbons (Fsp3) is 0.467. The van der Waals surface area contributed by atoms with E-state index in [4.69, 9.17) is 11.1 Å². The highest BCUT2D eigenvalue weighted by molar-refractivity contribution is 6.03. The van der Waals surface area contributed by atoms with Gasteiger partial charge in [-0.3, -0.25) is 5.41 Å². The lowest BCUT2D eigenvalue weighted by Gasteiger charge is -2.03. The number of nitrogens with zero attached hydrogens (tertiary/aromatic N) is 1. The highest BCUT2D eigenvalue weighted by Crippen LogP contribution is 2.37. The lowest BCUT2D eigenvalue weighted by atomic mass is 10.0. The fourth-order valence-corrected chi connectivity index (χ4v) is 1.77. The standard InChI is InChI=1S/C15H23N3/c1-3-5-13(12-7-8-12)11-14(6-4-2)15(17)18-10-9-16/h4-6,10-12,17H,3,7-9,16H2,1-2H3/b6-4-,13-5-,14-11+,17-15?,18-10?. The van der Waals surface area contributed by atoms with Crippen LogP contribution in [-0.4, -0.2) is 18.6 Å². The summed E-state index contributed by atoms with van der Waals surface area (Å²) in [6, 6.07) is 0. The molecule has 0 unspecified atom stereocenters. The smallest absolute Gasteiger partial charge is 0.151 e. The second kappa shape index (κ2) is 7.77. The van der Waals surface area contributed by atoms with Crippen molar-refractivity contribution in [2.45, 2.75) is 33.1 Å². The molecule has 0 spiro atoms. The van der Waals surface area contributed by atoms with Crippen molar-refractivity contribution in [3.05, 3.63) is 35.5 Å². The van der Waals surface area contributed by atoms with Crippen LogP contribution in [0.5, 0.6) is 0 Å². The quantitative estimate of drug-likeness (QED) is 0.421. The molecule has 18 heavy (non-hydrogen) atoms. The van der Waals surface area contributed by atoms with Crippen LogP contribution in [-0.2, 0) is 0 Å². The first-order valence-electron chi connectivity index (χ1n) is 6.58. The summed E-state index contributed by atoms with van der Waals surface area (Å²) in [5.74, 6) is 0.970. The summed E-state index contributed by atoms with van der Waals surface area (Å²) in [5, 5.41) is 7.94. The molecule has 0 bridgehead atoms. The second-order valence-electron chi connectivity index (χ2n) is 4.38. The number of hydrogen-bond donors (Lipinski definition) is 2. The molecule has 1 aliphatic carbocycles. The van der Waals surface area contributed by atoms with E-state index in [9.17, 15) is 0 Å². The highest BCUT2D eigenvalue weighted by atomic mass is 14.8. The van der Waals surface area contributed by atoms with Gasteiger partial charge in [0.1, 0.15) is 0 Å². The number of nitrogens with two attached hydrogens (primary N) is 1. The van der Waals surface area contributed by atoms with E-state index in [0.29, 0.717) is 12.5 Å². The molecule has 0 heterocycles. The van der Waals surface area contributed by atoms with Gasteiger partial charge in [0, 0.05) is 18.3 Å². The van der Waals surface area contributed by atoms with E-state index >= 15 is 0 Å². The van der Waals surface area contributed by atoms with Crippen LogP contribution < -0.4 is 5.73 Å². The number of nitrogens with one attached hydrogen (secondary N) is 1. The molecule has 1 fully saturated rings. The van der Waals surface area contributed by atoms with Crippen LogP contribution in [0.2, 0.25) is 0 Å². The largest absolute Gasteiger partial charge is 0.326 e.